The van der Waals surface area contributed by atoms with Gasteiger partial charge in [0.15, 0.2) is 0 Å². The zero-order valence-corrected chi connectivity index (χ0v) is 16.2. The minimum Gasteiger partial charge on any atom is -0.546 e. The third kappa shape index (κ3) is 4.70. The van der Waals surface area contributed by atoms with Gasteiger partial charge in [-0.05, 0) is 50.2 Å². The number of carboxylic acids is 1. The summed E-state index contributed by atoms with van der Waals surface area (Å²) in [7, 11) is 0. The van der Waals surface area contributed by atoms with Gasteiger partial charge in [-0.2, -0.15) is 8.78 Å². The second-order valence-electron chi connectivity index (χ2n) is 5.51. The Morgan fingerprint density at radius 1 is 1.00 bits per heavy atom. The van der Waals surface area contributed by atoms with E-state index in [9.17, 15) is 18.7 Å². The van der Waals surface area contributed by atoms with Crippen LogP contribution in [0.5, 0.6) is 5.75 Å². The van der Waals surface area contributed by atoms with Crippen molar-refractivity contribution in [1.82, 2.24) is 0 Å². The third-order valence-corrected chi connectivity index (χ3v) is 3.54. The van der Waals surface area contributed by atoms with E-state index in [2.05, 4.69) is 0 Å². The zero-order valence-electron chi connectivity index (χ0n) is 13.5. The number of halogens is 3. The van der Waals surface area contributed by atoms with Crippen molar-refractivity contribution in [2.75, 3.05) is 0 Å². The fourth-order valence-electron chi connectivity index (χ4n) is 1.89. The molecule has 0 saturated heterocycles. The van der Waals surface area contributed by atoms with Crippen molar-refractivity contribution < 1.29 is 53.0 Å². The van der Waals surface area contributed by atoms with Crippen LogP contribution in [0.4, 0.5) is 8.78 Å². The van der Waals surface area contributed by atoms with E-state index >= 15 is 0 Å². The molecule has 0 atom stereocenters. The number of hydrogen-bond donors (Lipinski definition) is 0. The molecule has 7 heteroatoms. The Labute approximate surface area is 165 Å². The average molecular weight is 363 g/mol. The first-order valence-electron chi connectivity index (χ1n) is 6.78. The minimum absolute atomic E-state index is 0. The number of benzene rings is 2. The summed E-state index contributed by atoms with van der Waals surface area (Å²) < 4.78 is 34.1. The molecule has 2 rings (SSSR count). The molecule has 0 saturated carbocycles. The normalized spacial score (nSPS) is 11.5. The molecule has 2 aromatic carbocycles. The summed E-state index contributed by atoms with van der Waals surface area (Å²) in [4.78, 5) is 10.9. The fraction of sp³-hybridized carbons (Fsp3) is 0.235. The first kappa shape index (κ1) is 20.9. The molecule has 0 amide bonds. The van der Waals surface area contributed by atoms with E-state index in [0.29, 0.717) is 5.02 Å². The Kier molecular flexibility index (Phi) is 6.82. The summed E-state index contributed by atoms with van der Waals surface area (Å²) in [5.41, 5.74) is -1.98. The minimum atomic E-state index is -3.20. The van der Waals surface area contributed by atoms with E-state index in [4.69, 9.17) is 16.3 Å². The maximum absolute atomic E-state index is 14.4. The fourth-order valence-corrected chi connectivity index (χ4v) is 2.02. The van der Waals surface area contributed by atoms with Gasteiger partial charge in [0.1, 0.15) is 11.4 Å². The van der Waals surface area contributed by atoms with Gasteiger partial charge in [-0.25, -0.2) is 0 Å². The second kappa shape index (κ2) is 7.83. The smallest absolute Gasteiger partial charge is 0.546 e. The molecular weight excluding hydrogens is 349 g/mol. The van der Waals surface area contributed by atoms with Gasteiger partial charge in [0, 0.05) is 16.1 Å². The van der Waals surface area contributed by atoms with Crippen LogP contribution in [0.15, 0.2) is 48.5 Å². The van der Waals surface area contributed by atoms with E-state index < -0.39 is 17.5 Å². The van der Waals surface area contributed by atoms with Gasteiger partial charge in [-0.3, -0.25) is 0 Å². The van der Waals surface area contributed by atoms with Gasteiger partial charge < -0.3 is 14.6 Å². The van der Waals surface area contributed by atoms with Crippen LogP contribution in [0.3, 0.4) is 0 Å². The molecule has 0 aromatic heterocycles. The van der Waals surface area contributed by atoms with Crippen LogP contribution in [0.2, 0.25) is 5.02 Å². The maximum atomic E-state index is 14.4. The summed E-state index contributed by atoms with van der Waals surface area (Å²) in [5.74, 6) is -4.43. The van der Waals surface area contributed by atoms with Crippen molar-refractivity contribution in [2.45, 2.75) is 25.4 Å². The van der Waals surface area contributed by atoms with Crippen LogP contribution in [0.25, 0.3) is 0 Å². The first-order valence-corrected chi connectivity index (χ1v) is 7.15. The van der Waals surface area contributed by atoms with Gasteiger partial charge in [0.25, 0.3) is 5.92 Å². The molecule has 0 spiro atoms. The van der Waals surface area contributed by atoms with Crippen LogP contribution in [-0.2, 0) is 10.7 Å². The zero-order chi connectivity index (χ0) is 17.3. The molecule has 0 fully saturated rings. The summed E-state index contributed by atoms with van der Waals surface area (Å²) in [5, 5.41) is 11.3. The Balaban J connectivity index is 0.00000288. The summed E-state index contributed by atoms with van der Waals surface area (Å²) >= 11 is 5.70. The number of alkyl halides is 2. The van der Waals surface area contributed by atoms with Crippen LogP contribution in [-0.4, -0.2) is 11.6 Å². The first-order chi connectivity index (χ1) is 10.6. The van der Waals surface area contributed by atoms with Crippen molar-refractivity contribution in [3.8, 4) is 5.75 Å². The number of hydrogen-bond acceptors (Lipinski definition) is 3. The largest absolute Gasteiger partial charge is 1.00 e. The molecule has 122 valence electrons. The summed E-state index contributed by atoms with van der Waals surface area (Å²) in [6.45, 7) is 2.64. The maximum Gasteiger partial charge on any atom is 1.00 e. The summed E-state index contributed by atoms with van der Waals surface area (Å²) in [6, 6.07) is 10.3. The molecule has 0 radical (unpaired) electrons. The molecule has 0 aliphatic rings. The topological polar surface area (TPSA) is 49.4 Å². The number of rotatable bonds is 5. The van der Waals surface area contributed by atoms with Gasteiger partial charge in [0.05, 0.1) is 5.97 Å². The standard InChI is InChI=1S/C17H15ClF2O3.Na/c1-16(2,15(21)22)23-14-9-5-12(6-10-14)17(19,20)11-3-7-13(18)8-4-11;/h3-10H,1-2H3,(H,21,22);/q;+1/p-1. The Morgan fingerprint density at radius 3 is 1.83 bits per heavy atom. The predicted octanol–water partition coefficient (Wildman–Crippen LogP) is 0.391. The number of ether oxygens (including phenoxy) is 1. The monoisotopic (exact) mass is 362 g/mol. The van der Waals surface area contributed by atoms with Crippen LogP contribution in [0.1, 0.15) is 25.0 Å². The Morgan fingerprint density at radius 2 is 1.42 bits per heavy atom. The SMILES string of the molecule is CC(C)(Oc1ccc(C(F)(F)c2ccc(Cl)cc2)cc1)C(=O)[O-].[Na+]. The van der Waals surface area contributed by atoms with Gasteiger partial charge in [-0.15, -0.1) is 0 Å². The molecule has 0 aliphatic carbocycles. The molecular formula is C17H14ClF2NaO3. The number of carbonyl (C=O) groups is 1. The van der Waals surface area contributed by atoms with E-state index in [1.54, 1.807) is 0 Å². The second-order valence-corrected chi connectivity index (χ2v) is 5.94. The van der Waals surface area contributed by atoms with Crippen molar-refractivity contribution in [1.29, 1.82) is 0 Å². The average Bonchev–Trinajstić information content (AvgIpc) is 2.47. The Bertz CT molecular complexity index is 701. The van der Waals surface area contributed by atoms with Crippen LogP contribution < -0.4 is 39.4 Å². The van der Waals surface area contributed by atoms with Gasteiger partial charge in [-0.1, -0.05) is 23.7 Å². The molecule has 24 heavy (non-hydrogen) atoms. The van der Waals surface area contributed by atoms with Gasteiger partial charge >= 0.3 is 29.6 Å². The van der Waals surface area contributed by atoms with Crippen molar-refractivity contribution in [3.63, 3.8) is 0 Å². The molecule has 0 heterocycles. The van der Waals surface area contributed by atoms with Gasteiger partial charge in [0.2, 0.25) is 0 Å². The molecule has 2 aromatic rings. The molecule has 0 bridgehead atoms. The van der Waals surface area contributed by atoms with Crippen LogP contribution >= 0.6 is 11.6 Å². The molecule has 0 aliphatic heterocycles. The molecule has 3 nitrogen and oxygen atoms in total. The van der Waals surface area contributed by atoms with E-state index in [-0.39, 0.29) is 46.4 Å². The predicted molar refractivity (Wildman–Crippen MR) is 80.6 cm³/mol. The van der Waals surface area contributed by atoms with Crippen molar-refractivity contribution in [2.24, 2.45) is 0 Å². The number of carbonyl (C=O) groups excluding carboxylic acids is 1. The molecule has 0 unspecified atom stereocenters. The third-order valence-electron chi connectivity index (χ3n) is 3.29. The Hall–Kier alpha value is -1.14. The molecule has 0 N–H and O–H groups in total. The van der Waals surface area contributed by atoms with Crippen LogP contribution in [0, 0.1) is 0 Å². The summed E-state index contributed by atoms with van der Waals surface area (Å²) in [6.07, 6.45) is 0. The quantitative estimate of drug-likeness (QED) is 0.723. The number of carboxylic acid groups (broad SMARTS) is 1. The van der Waals surface area contributed by atoms with E-state index in [1.165, 1.54) is 62.4 Å². The van der Waals surface area contributed by atoms with Crippen molar-refractivity contribution >= 4 is 17.6 Å². The van der Waals surface area contributed by atoms with E-state index in [0.717, 1.165) is 0 Å². The van der Waals surface area contributed by atoms with E-state index in [1.807, 2.05) is 0 Å². The number of aliphatic carboxylic acids is 1. The van der Waals surface area contributed by atoms with Crippen molar-refractivity contribution in [3.05, 3.63) is 64.7 Å².